The molecular formula is C12H19NO2. The molecule has 0 spiro atoms. The van der Waals surface area contributed by atoms with Gasteiger partial charge in [-0.05, 0) is 25.5 Å². The Hall–Kier alpha value is -0.800. The number of hydrogen-bond acceptors (Lipinski definition) is 3. The maximum Gasteiger partial charge on any atom is 0.120 e. The largest absolute Gasteiger partial charge is 0.468 e. The van der Waals surface area contributed by atoms with Crippen LogP contribution in [0.15, 0.2) is 22.8 Å². The Balaban J connectivity index is 1.94. The summed E-state index contributed by atoms with van der Waals surface area (Å²) in [6.45, 7) is 6.26. The van der Waals surface area contributed by atoms with Crippen LogP contribution in [0.5, 0.6) is 0 Å². The third-order valence-corrected chi connectivity index (χ3v) is 3.64. The van der Waals surface area contributed by atoms with Gasteiger partial charge in [0.1, 0.15) is 5.76 Å². The molecule has 0 bridgehead atoms. The summed E-state index contributed by atoms with van der Waals surface area (Å²) in [4.78, 5) is 0. The first-order valence-corrected chi connectivity index (χ1v) is 5.49. The molecule has 1 aromatic rings. The number of aliphatic hydroxyl groups is 1. The van der Waals surface area contributed by atoms with Crippen LogP contribution in [0.25, 0.3) is 0 Å². The molecule has 2 N–H and O–H groups in total. The topological polar surface area (TPSA) is 45.4 Å². The average molecular weight is 209 g/mol. The van der Waals surface area contributed by atoms with Crippen molar-refractivity contribution in [2.45, 2.75) is 45.4 Å². The van der Waals surface area contributed by atoms with E-state index in [-0.39, 0.29) is 17.6 Å². The van der Waals surface area contributed by atoms with E-state index in [1.807, 2.05) is 12.1 Å². The predicted molar refractivity (Wildman–Crippen MR) is 58.5 cm³/mol. The summed E-state index contributed by atoms with van der Waals surface area (Å²) in [6, 6.07) is 4.44. The summed E-state index contributed by atoms with van der Waals surface area (Å²) in [5, 5.41) is 13.1. The van der Waals surface area contributed by atoms with Gasteiger partial charge in [0.05, 0.1) is 18.4 Å². The monoisotopic (exact) mass is 209 g/mol. The standard InChI is InChI=1S/C12H19NO2/c1-8(9-5-4-6-15-9)13-10-7-11(14)12(10,2)3/h4-6,8,10-11,13-14H,7H2,1-3H3/t8-,10?,11?/m0/s1. The van der Waals surface area contributed by atoms with Crippen molar-refractivity contribution in [2.24, 2.45) is 5.41 Å². The molecule has 1 heterocycles. The summed E-state index contributed by atoms with van der Waals surface area (Å²) in [6.07, 6.45) is 2.34. The maximum absolute atomic E-state index is 9.63. The van der Waals surface area contributed by atoms with Gasteiger partial charge in [-0.3, -0.25) is 0 Å². The van der Waals surface area contributed by atoms with Crippen molar-refractivity contribution in [3.8, 4) is 0 Å². The van der Waals surface area contributed by atoms with Crippen molar-refractivity contribution in [1.82, 2.24) is 5.32 Å². The van der Waals surface area contributed by atoms with E-state index in [4.69, 9.17) is 4.42 Å². The van der Waals surface area contributed by atoms with Gasteiger partial charge in [0.2, 0.25) is 0 Å². The number of rotatable bonds is 3. The van der Waals surface area contributed by atoms with E-state index < -0.39 is 0 Å². The minimum absolute atomic E-state index is 0.0269. The molecule has 0 radical (unpaired) electrons. The number of furan rings is 1. The Kier molecular flexibility index (Phi) is 2.61. The molecule has 15 heavy (non-hydrogen) atoms. The zero-order chi connectivity index (χ0) is 11.1. The Morgan fingerprint density at radius 1 is 1.60 bits per heavy atom. The summed E-state index contributed by atoms with van der Waals surface area (Å²) in [7, 11) is 0. The summed E-state index contributed by atoms with van der Waals surface area (Å²) >= 11 is 0. The van der Waals surface area contributed by atoms with Gasteiger partial charge in [-0.1, -0.05) is 13.8 Å². The lowest BCUT2D eigenvalue weighted by molar-refractivity contribution is -0.0760. The highest BCUT2D eigenvalue weighted by molar-refractivity contribution is 5.07. The fraction of sp³-hybridized carbons (Fsp3) is 0.667. The maximum atomic E-state index is 9.63. The Morgan fingerprint density at radius 3 is 2.80 bits per heavy atom. The molecule has 0 aliphatic heterocycles. The van der Waals surface area contributed by atoms with E-state index in [2.05, 4.69) is 26.1 Å². The van der Waals surface area contributed by atoms with E-state index in [9.17, 15) is 5.11 Å². The van der Waals surface area contributed by atoms with Crippen molar-refractivity contribution in [2.75, 3.05) is 0 Å². The number of nitrogens with one attached hydrogen (secondary N) is 1. The first-order chi connectivity index (χ1) is 7.01. The smallest absolute Gasteiger partial charge is 0.120 e. The van der Waals surface area contributed by atoms with Crippen LogP contribution in [0, 0.1) is 5.41 Å². The normalized spacial score (nSPS) is 30.9. The number of hydrogen-bond donors (Lipinski definition) is 2. The molecule has 0 saturated heterocycles. The van der Waals surface area contributed by atoms with Crippen LogP contribution in [0.1, 0.15) is 39.0 Å². The third-order valence-electron chi connectivity index (χ3n) is 3.64. The van der Waals surface area contributed by atoms with Crippen molar-refractivity contribution < 1.29 is 9.52 Å². The van der Waals surface area contributed by atoms with Crippen LogP contribution in [0.3, 0.4) is 0 Å². The van der Waals surface area contributed by atoms with Gasteiger partial charge < -0.3 is 14.8 Å². The highest BCUT2D eigenvalue weighted by Gasteiger charge is 2.47. The first-order valence-electron chi connectivity index (χ1n) is 5.49. The van der Waals surface area contributed by atoms with E-state index in [1.54, 1.807) is 6.26 Å². The average Bonchev–Trinajstić information content (AvgIpc) is 2.70. The fourth-order valence-electron chi connectivity index (χ4n) is 2.11. The first kappa shape index (κ1) is 10.7. The number of aliphatic hydroxyl groups excluding tert-OH is 1. The Morgan fingerprint density at radius 2 is 2.33 bits per heavy atom. The third kappa shape index (κ3) is 1.82. The van der Waals surface area contributed by atoms with Crippen molar-refractivity contribution in [3.63, 3.8) is 0 Å². The molecule has 3 nitrogen and oxygen atoms in total. The van der Waals surface area contributed by atoms with Crippen LogP contribution in [0.4, 0.5) is 0 Å². The van der Waals surface area contributed by atoms with Crippen molar-refractivity contribution >= 4 is 0 Å². The van der Waals surface area contributed by atoms with Crippen LogP contribution < -0.4 is 5.32 Å². The molecule has 1 aliphatic carbocycles. The molecular weight excluding hydrogens is 190 g/mol. The fourth-order valence-corrected chi connectivity index (χ4v) is 2.11. The van der Waals surface area contributed by atoms with Crippen molar-refractivity contribution in [1.29, 1.82) is 0 Å². The second-order valence-electron chi connectivity index (χ2n) is 5.03. The molecule has 0 aromatic carbocycles. The lowest BCUT2D eigenvalue weighted by atomic mass is 9.64. The van der Waals surface area contributed by atoms with Crippen LogP contribution in [-0.4, -0.2) is 17.3 Å². The second kappa shape index (κ2) is 3.65. The highest BCUT2D eigenvalue weighted by Crippen LogP contribution is 2.41. The van der Waals surface area contributed by atoms with Gasteiger partial charge >= 0.3 is 0 Å². The summed E-state index contributed by atoms with van der Waals surface area (Å²) < 4.78 is 5.33. The van der Waals surface area contributed by atoms with E-state index in [0.29, 0.717) is 6.04 Å². The zero-order valence-corrected chi connectivity index (χ0v) is 9.53. The molecule has 2 rings (SSSR count). The molecule has 84 valence electrons. The van der Waals surface area contributed by atoms with E-state index >= 15 is 0 Å². The van der Waals surface area contributed by atoms with Gasteiger partial charge in [0.25, 0.3) is 0 Å². The minimum atomic E-state index is -0.182. The van der Waals surface area contributed by atoms with Crippen LogP contribution in [-0.2, 0) is 0 Å². The molecule has 2 unspecified atom stereocenters. The molecule has 1 aromatic heterocycles. The quantitative estimate of drug-likeness (QED) is 0.801. The van der Waals surface area contributed by atoms with Gasteiger partial charge in [0, 0.05) is 11.5 Å². The molecule has 3 atom stereocenters. The Bertz CT molecular complexity index is 318. The van der Waals surface area contributed by atoms with Crippen LogP contribution in [0.2, 0.25) is 0 Å². The van der Waals surface area contributed by atoms with Gasteiger partial charge in [-0.2, -0.15) is 0 Å². The lowest BCUT2D eigenvalue weighted by Crippen LogP contribution is -2.60. The SMILES string of the molecule is C[C@H](NC1CC(O)C1(C)C)c1ccco1. The molecule has 1 saturated carbocycles. The van der Waals surface area contributed by atoms with E-state index in [1.165, 1.54) is 0 Å². The molecule has 0 amide bonds. The van der Waals surface area contributed by atoms with Gasteiger partial charge in [0.15, 0.2) is 0 Å². The van der Waals surface area contributed by atoms with Crippen LogP contribution >= 0.6 is 0 Å². The highest BCUT2D eigenvalue weighted by atomic mass is 16.3. The summed E-state index contributed by atoms with van der Waals surface area (Å²) in [5.41, 5.74) is -0.0269. The lowest BCUT2D eigenvalue weighted by Gasteiger charge is -2.50. The molecule has 1 aliphatic rings. The van der Waals surface area contributed by atoms with Gasteiger partial charge in [-0.15, -0.1) is 0 Å². The molecule has 3 heteroatoms. The zero-order valence-electron chi connectivity index (χ0n) is 9.53. The minimum Gasteiger partial charge on any atom is -0.468 e. The van der Waals surface area contributed by atoms with Crippen molar-refractivity contribution in [3.05, 3.63) is 24.2 Å². The van der Waals surface area contributed by atoms with Gasteiger partial charge in [-0.25, -0.2) is 0 Å². The molecule has 1 fully saturated rings. The predicted octanol–water partition coefficient (Wildman–Crippen LogP) is 2.09. The summed E-state index contributed by atoms with van der Waals surface area (Å²) in [5.74, 6) is 0.951. The van der Waals surface area contributed by atoms with E-state index in [0.717, 1.165) is 12.2 Å². The Labute approximate surface area is 90.5 Å². The second-order valence-corrected chi connectivity index (χ2v) is 5.03.